The maximum Gasteiger partial charge on any atom is 0.164 e. The van der Waals surface area contributed by atoms with Crippen LogP contribution in [0.2, 0.25) is 10.0 Å². The third-order valence-electron chi connectivity index (χ3n) is 2.30. The summed E-state index contributed by atoms with van der Waals surface area (Å²) in [5.74, 6) is 0.507. The van der Waals surface area contributed by atoms with Crippen molar-refractivity contribution in [3.05, 3.63) is 27.7 Å². The molecule has 1 rings (SSSR count). The van der Waals surface area contributed by atoms with Crippen molar-refractivity contribution in [2.24, 2.45) is 0 Å². The average Bonchev–Trinajstić information content (AvgIpc) is 2.26. The minimum absolute atomic E-state index is 0.0295. The molecule has 0 heterocycles. The van der Waals surface area contributed by atoms with Crippen LogP contribution in [0.3, 0.4) is 0 Å². The Balaban J connectivity index is 2.99. The minimum Gasteiger partial charge on any atom is -0.495 e. The van der Waals surface area contributed by atoms with Crippen molar-refractivity contribution in [2.45, 2.75) is 26.2 Å². The third kappa shape index (κ3) is 3.13. The molecule has 4 heteroatoms. The summed E-state index contributed by atoms with van der Waals surface area (Å²) < 4.78 is 5.05. The number of ketones is 1. The molecule has 1 aromatic carbocycles. The van der Waals surface area contributed by atoms with Gasteiger partial charge in [-0.2, -0.15) is 0 Å². The van der Waals surface area contributed by atoms with Gasteiger partial charge in [0, 0.05) is 12.0 Å². The normalized spacial score (nSPS) is 10.2. The van der Waals surface area contributed by atoms with Crippen molar-refractivity contribution in [1.29, 1.82) is 0 Å². The van der Waals surface area contributed by atoms with E-state index in [1.54, 1.807) is 12.1 Å². The summed E-state index contributed by atoms with van der Waals surface area (Å²) in [5, 5.41) is 0.798. The van der Waals surface area contributed by atoms with Crippen LogP contribution >= 0.6 is 23.2 Å². The highest BCUT2D eigenvalue weighted by Gasteiger charge is 2.13. The molecule has 1 aromatic rings. The molecule has 0 fully saturated rings. The lowest BCUT2D eigenvalue weighted by atomic mass is 10.1. The molecule has 0 spiro atoms. The number of hydrogen-bond donors (Lipinski definition) is 0. The van der Waals surface area contributed by atoms with Crippen LogP contribution < -0.4 is 4.74 Å². The summed E-state index contributed by atoms with van der Waals surface area (Å²) in [5.41, 5.74) is 0.483. The average molecular weight is 261 g/mol. The first-order valence-electron chi connectivity index (χ1n) is 5.16. The minimum atomic E-state index is 0.0295. The molecular formula is C12H14Cl2O2. The van der Waals surface area contributed by atoms with Crippen molar-refractivity contribution >= 4 is 29.0 Å². The molecule has 0 amide bonds. The van der Waals surface area contributed by atoms with E-state index in [0.717, 1.165) is 12.8 Å². The predicted molar refractivity (Wildman–Crippen MR) is 66.9 cm³/mol. The number of methoxy groups -OCH3 is 1. The van der Waals surface area contributed by atoms with Gasteiger partial charge < -0.3 is 4.74 Å². The van der Waals surface area contributed by atoms with Crippen molar-refractivity contribution in [3.63, 3.8) is 0 Å². The van der Waals surface area contributed by atoms with Gasteiger partial charge in [-0.3, -0.25) is 4.79 Å². The van der Waals surface area contributed by atoms with Crippen LogP contribution in [0.1, 0.15) is 36.5 Å². The predicted octanol–water partition coefficient (Wildman–Crippen LogP) is 4.37. The fourth-order valence-corrected chi connectivity index (χ4v) is 1.94. The SMILES string of the molecule is CCCCC(=O)c1cc(OC)c(Cl)cc1Cl. The van der Waals surface area contributed by atoms with Crippen LogP contribution in [-0.2, 0) is 0 Å². The number of carbonyl (C=O) groups excluding carboxylic acids is 1. The molecule has 0 bridgehead atoms. The quantitative estimate of drug-likeness (QED) is 0.735. The summed E-state index contributed by atoms with van der Waals surface area (Å²) in [6.45, 7) is 2.04. The summed E-state index contributed by atoms with van der Waals surface area (Å²) in [7, 11) is 1.51. The molecule has 0 N–H and O–H groups in total. The molecule has 0 unspecified atom stereocenters. The Kier molecular flexibility index (Phi) is 5.10. The Labute approximate surface area is 106 Å². The number of hydrogen-bond acceptors (Lipinski definition) is 2. The Bertz CT molecular complexity index is 389. The zero-order valence-corrected chi connectivity index (χ0v) is 10.9. The largest absolute Gasteiger partial charge is 0.495 e. The van der Waals surface area contributed by atoms with E-state index in [-0.39, 0.29) is 5.78 Å². The topological polar surface area (TPSA) is 26.3 Å². The Morgan fingerprint density at radius 2 is 2.00 bits per heavy atom. The van der Waals surface area contributed by atoms with E-state index in [0.29, 0.717) is 27.8 Å². The Hall–Kier alpha value is -0.730. The molecular weight excluding hydrogens is 247 g/mol. The van der Waals surface area contributed by atoms with Crippen LogP contribution in [0, 0.1) is 0 Å². The highest BCUT2D eigenvalue weighted by molar-refractivity contribution is 6.37. The number of rotatable bonds is 5. The molecule has 0 saturated carbocycles. The van der Waals surface area contributed by atoms with Gasteiger partial charge in [0.25, 0.3) is 0 Å². The lowest BCUT2D eigenvalue weighted by Crippen LogP contribution is -2.01. The highest BCUT2D eigenvalue weighted by atomic mass is 35.5. The van der Waals surface area contributed by atoms with Gasteiger partial charge >= 0.3 is 0 Å². The fourth-order valence-electron chi connectivity index (χ4n) is 1.37. The second-order valence-corrected chi connectivity index (χ2v) is 4.31. The van der Waals surface area contributed by atoms with E-state index in [9.17, 15) is 4.79 Å². The molecule has 0 aliphatic carbocycles. The zero-order valence-electron chi connectivity index (χ0n) is 9.35. The number of unbranched alkanes of at least 4 members (excludes halogenated alkanes) is 1. The molecule has 16 heavy (non-hydrogen) atoms. The molecule has 0 aliphatic rings. The maximum atomic E-state index is 11.8. The van der Waals surface area contributed by atoms with Gasteiger partial charge in [-0.05, 0) is 18.6 Å². The van der Waals surface area contributed by atoms with Gasteiger partial charge in [0.05, 0.1) is 17.2 Å². The van der Waals surface area contributed by atoms with E-state index in [4.69, 9.17) is 27.9 Å². The zero-order chi connectivity index (χ0) is 12.1. The number of halogens is 2. The van der Waals surface area contributed by atoms with Gasteiger partial charge in [-0.15, -0.1) is 0 Å². The molecule has 0 aromatic heterocycles. The van der Waals surface area contributed by atoms with Crippen LogP contribution in [0.25, 0.3) is 0 Å². The van der Waals surface area contributed by atoms with Gasteiger partial charge in [0.2, 0.25) is 0 Å². The smallest absolute Gasteiger partial charge is 0.164 e. The molecule has 2 nitrogen and oxygen atoms in total. The molecule has 0 saturated heterocycles. The van der Waals surface area contributed by atoms with Crippen molar-refractivity contribution < 1.29 is 9.53 Å². The summed E-state index contributed by atoms with van der Waals surface area (Å²) in [6, 6.07) is 3.14. The van der Waals surface area contributed by atoms with Crippen LogP contribution in [0.15, 0.2) is 12.1 Å². The van der Waals surface area contributed by atoms with E-state index < -0.39 is 0 Å². The summed E-state index contributed by atoms with van der Waals surface area (Å²) in [6.07, 6.45) is 2.34. The monoisotopic (exact) mass is 260 g/mol. The van der Waals surface area contributed by atoms with E-state index in [2.05, 4.69) is 0 Å². The Morgan fingerprint density at radius 1 is 1.31 bits per heavy atom. The number of carbonyl (C=O) groups is 1. The van der Waals surface area contributed by atoms with Crippen LogP contribution in [0.5, 0.6) is 5.75 Å². The van der Waals surface area contributed by atoms with Gasteiger partial charge in [0.1, 0.15) is 5.75 Å². The van der Waals surface area contributed by atoms with Crippen molar-refractivity contribution in [3.8, 4) is 5.75 Å². The maximum absolute atomic E-state index is 11.8. The number of Topliss-reactive ketones (excluding diaryl/α,β-unsaturated/α-hetero) is 1. The van der Waals surface area contributed by atoms with E-state index >= 15 is 0 Å². The molecule has 88 valence electrons. The first-order valence-corrected chi connectivity index (χ1v) is 5.92. The molecule has 0 radical (unpaired) electrons. The highest BCUT2D eigenvalue weighted by Crippen LogP contribution is 2.31. The van der Waals surface area contributed by atoms with Gasteiger partial charge in [0.15, 0.2) is 5.78 Å². The number of benzene rings is 1. The number of ether oxygens (including phenoxy) is 1. The van der Waals surface area contributed by atoms with Gasteiger partial charge in [-0.1, -0.05) is 36.5 Å². The molecule has 0 aliphatic heterocycles. The van der Waals surface area contributed by atoms with Crippen LogP contribution in [0.4, 0.5) is 0 Å². The van der Waals surface area contributed by atoms with Gasteiger partial charge in [-0.25, -0.2) is 0 Å². The van der Waals surface area contributed by atoms with E-state index in [1.807, 2.05) is 6.92 Å². The second-order valence-electron chi connectivity index (χ2n) is 3.49. The first kappa shape index (κ1) is 13.3. The molecule has 0 atom stereocenters. The third-order valence-corrected chi connectivity index (χ3v) is 2.91. The van der Waals surface area contributed by atoms with Crippen molar-refractivity contribution in [2.75, 3.05) is 7.11 Å². The Morgan fingerprint density at radius 3 is 2.56 bits per heavy atom. The standard InChI is InChI=1S/C12H14Cl2O2/c1-3-4-5-11(15)8-6-12(16-2)10(14)7-9(8)13/h6-7H,3-5H2,1-2H3. The lowest BCUT2D eigenvalue weighted by Gasteiger charge is -2.08. The second kappa shape index (κ2) is 6.12. The fraction of sp³-hybridized carbons (Fsp3) is 0.417. The summed E-state index contributed by atoms with van der Waals surface area (Å²) >= 11 is 11.9. The van der Waals surface area contributed by atoms with E-state index in [1.165, 1.54) is 7.11 Å². The first-order chi connectivity index (χ1) is 7.60. The summed E-state index contributed by atoms with van der Waals surface area (Å²) in [4.78, 5) is 11.8. The van der Waals surface area contributed by atoms with Crippen LogP contribution in [-0.4, -0.2) is 12.9 Å². The van der Waals surface area contributed by atoms with Crippen molar-refractivity contribution in [1.82, 2.24) is 0 Å². The lowest BCUT2D eigenvalue weighted by molar-refractivity contribution is 0.0979.